The largest absolute Gasteiger partial charge is 0.457 e. The van der Waals surface area contributed by atoms with E-state index in [1.54, 1.807) is 78.9 Å². The third-order valence-corrected chi connectivity index (χ3v) is 8.68. The predicted molar refractivity (Wildman–Crippen MR) is 199 cm³/mol. The van der Waals surface area contributed by atoms with Gasteiger partial charge in [0.2, 0.25) is 6.10 Å². The van der Waals surface area contributed by atoms with Crippen LogP contribution in [0.2, 0.25) is 5.02 Å². The molecule has 1 N–H and O–H groups in total. The Bertz CT molecular complexity index is 1900. The van der Waals surface area contributed by atoms with Crippen LogP contribution in [0.3, 0.4) is 0 Å². The van der Waals surface area contributed by atoms with E-state index in [1.165, 1.54) is 5.01 Å². The van der Waals surface area contributed by atoms with E-state index in [0.29, 0.717) is 33.2 Å². The predicted octanol–water partition coefficient (Wildman–Crippen LogP) is 10.1. The van der Waals surface area contributed by atoms with Crippen molar-refractivity contribution in [2.24, 2.45) is 17.3 Å². The van der Waals surface area contributed by atoms with Crippen LogP contribution in [0.1, 0.15) is 67.0 Å². The van der Waals surface area contributed by atoms with Gasteiger partial charge in [-0.15, -0.1) is 0 Å². The number of benzene rings is 4. The van der Waals surface area contributed by atoms with E-state index in [9.17, 15) is 19.6 Å². The minimum absolute atomic E-state index is 0.114. The molecule has 0 aliphatic heterocycles. The van der Waals surface area contributed by atoms with Crippen LogP contribution in [0.4, 0.5) is 0 Å². The Labute approximate surface area is 313 Å². The van der Waals surface area contributed by atoms with Gasteiger partial charge in [-0.25, -0.2) is 5.01 Å². The van der Waals surface area contributed by atoms with Crippen molar-refractivity contribution in [1.29, 1.82) is 5.26 Å². The highest BCUT2D eigenvalue weighted by molar-refractivity contribution is 6.55. The quantitative estimate of drug-likeness (QED) is 0.142. The molecular formula is C40H38Cl3N3O5. The average Bonchev–Trinajstić information content (AvgIpc) is 3.64. The number of halogens is 3. The molecule has 0 aromatic heterocycles. The third-order valence-electron chi connectivity index (χ3n) is 8.18. The summed E-state index contributed by atoms with van der Waals surface area (Å²) in [7, 11) is 0. The maximum Gasteiger partial charge on any atom is 0.311 e. The minimum atomic E-state index is -1.03. The van der Waals surface area contributed by atoms with Gasteiger partial charge in [-0.2, -0.15) is 5.26 Å². The fourth-order valence-electron chi connectivity index (χ4n) is 5.30. The van der Waals surface area contributed by atoms with E-state index in [4.69, 9.17) is 44.3 Å². The van der Waals surface area contributed by atoms with Crippen LogP contribution in [0, 0.1) is 28.6 Å². The number of esters is 1. The summed E-state index contributed by atoms with van der Waals surface area (Å²) < 4.78 is 11.4. The monoisotopic (exact) mass is 745 g/mol. The van der Waals surface area contributed by atoms with Gasteiger partial charge in [0.25, 0.3) is 11.8 Å². The summed E-state index contributed by atoms with van der Waals surface area (Å²) in [6.45, 7) is 9.45. The van der Waals surface area contributed by atoms with Gasteiger partial charge in [-0.3, -0.25) is 19.8 Å². The lowest BCUT2D eigenvalue weighted by Crippen LogP contribution is -2.55. The highest BCUT2D eigenvalue weighted by Gasteiger charge is 2.62. The minimum Gasteiger partial charge on any atom is -0.457 e. The topological polar surface area (TPSA) is 109 Å². The highest BCUT2D eigenvalue weighted by atomic mass is 35.5. The molecule has 4 aromatic rings. The van der Waals surface area contributed by atoms with Crippen molar-refractivity contribution in [1.82, 2.24) is 10.4 Å². The van der Waals surface area contributed by atoms with Gasteiger partial charge in [0.1, 0.15) is 22.1 Å². The zero-order chi connectivity index (χ0) is 37.3. The van der Waals surface area contributed by atoms with Gasteiger partial charge in [0, 0.05) is 21.7 Å². The van der Waals surface area contributed by atoms with Crippen LogP contribution >= 0.6 is 34.8 Å². The maximum atomic E-state index is 12.7. The molecule has 4 aromatic carbocycles. The number of rotatable bonds is 8. The lowest BCUT2D eigenvalue weighted by molar-refractivity contribution is -0.149. The molecule has 8 nitrogen and oxygen atoms in total. The fourth-order valence-corrected chi connectivity index (χ4v) is 5.70. The Balaban J connectivity index is 0.000000233. The molecule has 0 bridgehead atoms. The van der Waals surface area contributed by atoms with Crippen LogP contribution in [-0.2, 0) is 9.53 Å². The molecule has 11 heteroatoms. The van der Waals surface area contributed by atoms with Gasteiger partial charge in [-0.1, -0.05) is 97.2 Å². The van der Waals surface area contributed by atoms with E-state index in [-0.39, 0.29) is 33.6 Å². The van der Waals surface area contributed by atoms with Crippen LogP contribution in [0.25, 0.3) is 0 Å². The van der Waals surface area contributed by atoms with Crippen molar-refractivity contribution < 1.29 is 23.9 Å². The number of amides is 2. The molecule has 0 saturated heterocycles. The first kappa shape index (κ1) is 39.0. The summed E-state index contributed by atoms with van der Waals surface area (Å²) in [5.41, 5.74) is 3.30. The number of nitriles is 1. The number of ether oxygens (including phenoxy) is 2. The molecule has 5 rings (SSSR count). The smallest absolute Gasteiger partial charge is 0.311 e. The summed E-state index contributed by atoms with van der Waals surface area (Å²) >= 11 is 17.3. The summed E-state index contributed by atoms with van der Waals surface area (Å²) in [5, 5.41) is 11.4. The fraction of sp³-hybridized carbons (Fsp3) is 0.250. The van der Waals surface area contributed by atoms with Crippen molar-refractivity contribution in [3.05, 3.63) is 141 Å². The average molecular weight is 747 g/mol. The molecule has 1 fully saturated rings. The number of carbonyl (C=O) groups excluding carboxylic acids is 3. The van der Waals surface area contributed by atoms with E-state index in [1.807, 2.05) is 77.1 Å². The Morgan fingerprint density at radius 1 is 0.863 bits per heavy atom. The third kappa shape index (κ3) is 10.6. The normalized spacial score (nSPS) is 16.1. The maximum absolute atomic E-state index is 12.7. The van der Waals surface area contributed by atoms with Crippen molar-refractivity contribution in [2.45, 2.75) is 46.3 Å². The molecule has 2 unspecified atom stereocenters. The summed E-state index contributed by atoms with van der Waals surface area (Å²) in [4.78, 5) is 37.7. The molecule has 1 saturated carbocycles. The number of nitrogens with zero attached hydrogens (tertiary/aromatic N) is 2. The van der Waals surface area contributed by atoms with Gasteiger partial charge >= 0.3 is 5.97 Å². The lowest BCUT2D eigenvalue weighted by atomic mass is 10.1. The van der Waals surface area contributed by atoms with Crippen molar-refractivity contribution >= 4 is 52.6 Å². The van der Waals surface area contributed by atoms with Crippen molar-refractivity contribution in [3.63, 3.8) is 0 Å². The van der Waals surface area contributed by atoms with Crippen LogP contribution < -0.4 is 10.2 Å². The molecule has 3 atom stereocenters. The number of allylic oxidation sites excluding steroid dienone is 1. The van der Waals surface area contributed by atoms with E-state index in [2.05, 4.69) is 5.43 Å². The Morgan fingerprint density at radius 2 is 1.45 bits per heavy atom. The second-order valence-corrected chi connectivity index (χ2v) is 14.8. The number of hydrogen-bond donors (Lipinski definition) is 1. The SMILES string of the molecule is CC(C)(C)N(NC(=O)c1ccc(Cl)cc1)C(=O)c1ccccc1.CC1(C)C(C=C(Cl)Cl)C1C(=O)O[C@H](C#N)c1cccc(Oc2ccccc2)c1. The lowest BCUT2D eigenvalue weighted by Gasteiger charge is -2.35. The Kier molecular flexibility index (Phi) is 12.9. The van der Waals surface area contributed by atoms with Gasteiger partial charge in [0.15, 0.2) is 0 Å². The molecule has 51 heavy (non-hydrogen) atoms. The molecule has 264 valence electrons. The Hall–Kier alpha value is -4.81. The second kappa shape index (κ2) is 16.9. The molecule has 1 aliphatic carbocycles. The van der Waals surface area contributed by atoms with E-state index < -0.39 is 17.6 Å². The standard InChI is InChI=1S/C22H19Cl2NO3.C18H19ClN2O2/c1-22(2)17(12-19(23)24)20(22)21(26)28-18(13-25)14-7-6-10-16(11-14)27-15-8-4-3-5-9-15;1-18(2,3)21(17(23)14-7-5-4-6-8-14)20-16(22)13-9-11-15(19)12-10-13/h3-12,17-18,20H,1-2H3;4-12H,1-3H3,(H,20,22)/t17?,18-,20?;/m1./s1. The second-order valence-electron chi connectivity index (χ2n) is 13.3. The van der Waals surface area contributed by atoms with Crippen molar-refractivity contribution in [3.8, 4) is 17.6 Å². The summed E-state index contributed by atoms with van der Waals surface area (Å²) in [5.74, 6) is -0.335. The van der Waals surface area contributed by atoms with Crippen molar-refractivity contribution in [2.75, 3.05) is 0 Å². The van der Waals surface area contributed by atoms with Crippen LogP contribution in [0.15, 0.2) is 120 Å². The molecule has 0 radical (unpaired) electrons. The molecular weight excluding hydrogens is 709 g/mol. The Morgan fingerprint density at radius 3 is 2.02 bits per heavy atom. The van der Waals surface area contributed by atoms with Gasteiger partial charge < -0.3 is 9.47 Å². The van der Waals surface area contributed by atoms with E-state index >= 15 is 0 Å². The van der Waals surface area contributed by atoms with Crippen LogP contribution in [0.5, 0.6) is 11.5 Å². The molecule has 2 amide bonds. The zero-order valence-electron chi connectivity index (χ0n) is 28.8. The number of para-hydroxylation sites is 1. The number of hydrazine groups is 1. The zero-order valence-corrected chi connectivity index (χ0v) is 31.0. The first-order chi connectivity index (χ1) is 24.1. The van der Waals surface area contributed by atoms with Gasteiger partial charge in [0.05, 0.1) is 11.5 Å². The van der Waals surface area contributed by atoms with E-state index in [0.717, 1.165) is 0 Å². The summed E-state index contributed by atoms with van der Waals surface area (Å²) in [6, 6.07) is 33.6. The molecule has 0 heterocycles. The number of carbonyl (C=O) groups is 3. The highest BCUT2D eigenvalue weighted by Crippen LogP contribution is 2.60. The first-order valence-electron chi connectivity index (χ1n) is 16.0. The molecule has 0 spiro atoms. The van der Waals surface area contributed by atoms with Gasteiger partial charge in [-0.05, 0) is 98.8 Å². The molecule has 1 aliphatic rings. The summed E-state index contributed by atoms with van der Waals surface area (Å²) in [6.07, 6.45) is 0.615. The number of hydrogen-bond acceptors (Lipinski definition) is 6. The number of nitrogens with one attached hydrogen (secondary N) is 1. The van der Waals surface area contributed by atoms with Crippen LogP contribution in [-0.4, -0.2) is 28.3 Å². The first-order valence-corrected chi connectivity index (χ1v) is 17.2.